The maximum atomic E-state index is 12.3. The minimum absolute atomic E-state index is 0.198. The second kappa shape index (κ2) is 7.86. The Hall–Kier alpha value is 0.220. The van der Waals surface area contributed by atoms with Crippen LogP contribution in [0.25, 0.3) is 0 Å². The van der Waals surface area contributed by atoms with Crippen LogP contribution in [0.4, 0.5) is 0 Å². The zero-order valence-corrected chi connectivity index (χ0v) is 16.0. The van der Waals surface area contributed by atoms with Crippen LogP contribution in [-0.4, -0.2) is 54.7 Å². The number of thioether (sulfide) groups is 1. The molecule has 2 fully saturated rings. The number of nitrogens with one attached hydrogen (secondary N) is 1. The Kier molecular flexibility index (Phi) is 6.63. The van der Waals surface area contributed by atoms with E-state index in [-0.39, 0.29) is 11.7 Å². The molecule has 130 valence electrons. The first-order valence-corrected chi connectivity index (χ1v) is 11.3. The number of hydrogen-bond acceptors (Lipinski definition) is 4. The Balaban J connectivity index is 1.76. The summed E-state index contributed by atoms with van der Waals surface area (Å²) in [6, 6.07) is 1.10. The molecule has 2 heterocycles. The summed E-state index contributed by atoms with van der Waals surface area (Å²) in [7, 11) is -3.05. The molecule has 2 aliphatic heterocycles. The third-order valence-electron chi connectivity index (χ3n) is 4.63. The number of piperidine rings is 1. The molecule has 2 aliphatic rings. The molecule has 2 rings (SSSR count). The highest BCUT2D eigenvalue weighted by Crippen LogP contribution is 2.32. The second-order valence-corrected chi connectivity index (χ2v) is 10.8. The Labute approximate surface area is 140 Å². The molecule has 0 bridgehead atoms. The lowest BCUT2D eigenvalue weighted by molar-refractivity contribution is 0.273. The molecular weight excluding hydrogens is 316 g/mol. The Bertz CT molecular complexity index is 443. The van der Waals surface area contributed by atoms with Gasteiger partial charge in [0.1, 0.15) is 0 Å². The van der Waals surface area contributed by atoms with Gasteiger partial charge < -0.3 is 5.32 Å². The van der Waals surface area contributed by atoms with Crippen molar-refractivity contribution in [2.24, 2.45) is 11.8 Å². The van der Waals surface area contributed by atoms with Crippen LogP contribution in [-0.2, 0) is 10.0 Å². The van der Waals surface area contributed by atoms with Crippen LogP contribution >= 0.6 is 11.8 Å². The molecule has 2 saturated heterocycles. The first-order chi connectivity index (χ1) is 10.3. The molecule has 0 radical (unpaired) electrons. The lowest BCUT2D eigenvalue weighted by atomic mass is 10.0. The molecule has 0 aliphatic carbocycles. The van der Waals surface area contributed by atoms with Gasteiger partial charge >= 0.3 is 0 Å². The Morgan fingerprint density at radius 2 is 1.77 bits per heavy atom. The monoisotopic (exact) mass is 348 g/mol. The summed E-state index contributed by atoms with van der Waals surface area (Å²) in [5, 5.41) is 4.55. The van der Waals surface area contributed by atoms with Crippen LogP contribution in [0.1, 0.15) is 47.0 Å². The SMILES string of the molecule is CC(C)CS(=O)(=O)N1CCC(N[C@@H]2CS[C@@H](C(C)C)C2)CC1. The van der Waals surface area contributed by atoms with Gasteiger partial charge in [-0.05, 0) is 31.1 Å². The average Bonchev–Trinajstić information content (AvgIpc) is 2.86. The van der Waals surface area contributed by atoms with E-state index in [1.165, 1.54) is 12.2 Å². The molecule has 22 heavy (non-hydrogen) atoms. The molecule has 6 heteroatoms. The van der Waals surface area contributed by atoms with E-state index in [1.807, 2.05) is 13.8 Å². The number of rotatable bonds is 6. The van der Waals surface area contributed by atoms with Crippen LogP contribution in [0.3, 0.4) is 0 Å². The number of nitrogens with zero attached hydrogens (tertiary/aromatic N) is 1. The third kappa shape index (κ3) is 5.11. The molecule has 0 aromatic heterocycles. The van der Waals surface area contributed by atoms with Crippen molar-refractivity contribution in [1.29, 1.82) is 0 Å². The van der Waals surface area contributed by atoms with Crippen molar-refractivity contribution in [3.8, 4) is 0 Å². The van der Waals surface area contributed by atoms with Gasteiger partial charge in [0.25, 0.3) is 0 Å². The minimum atomic E-state index is -3.05. The zero-order chi connectivity index (χ0) is 16.3. The standard InChI is InChI=1S/C16H32N2O2S2/c1-12(2)11-22(19,20)18-7-5-14(6-8-18)17-15-9-16(13(3)4)21-10-15/h12-17H,5-11H2,1-4H3/t15-,16+/m0/s1. The summed E-state index contributed by atoms with van der Waals surface area (Å²) in [5.41, 5.74) is 0. The van der Waals surface area contributed by atoms with Gasteiger partial charge in [0, 0.05) is 36.2 Å². The van der Waals surface area contributed by atoms with Crippen molar-refractivity contribution in [1.82, 2.24) is 9.62 Å². The molecule has 4 nitrogen and oxygen atoms in total. The summed E-state index contributed by atoms with van der Waals surface area (Å²) in [5.74, 6) is 2.43. The first kappa shape index (κ1) is 18.6. The van der Waals surface area contributed by atoms with E-state index in [2.05, 4.69) is 30.9 Å². The normalized spacial score (nSPS) is 28.8. The summed E-state index contributed by atoms with van der Waals surface area (Å²) >= 11 is 2.09. The predicted molar refractivity (Wildman–Crippen MR) is 95.8 cm³/mol. The van der Waals surface area contributed by atoms with Gasteiger partial charge in [-0.2, -0.15) is 11.8 Å². The van der Waals surface area contributed by atoms with Gasteiger partial charge in [0.2, 0.25) is 10.0 Å². The minimum Gasteiger partial charge on any atom is -0.310 e. The fourth-order valence-corrected chi connectivity index (χ4v) is 6.68. The van der Waals surface area contributed by atoms with Crippen molar-refractivity contribution in [3.05, 3.63) is 0 Å². The summed E-state index contributed by atoms with van der Waals surface area (Å²) < 4.78 is 26.2. The molecule has 2 atom stereocenters. The Morgan fingerprint density at radius 3 is 2.27 bits per heavy atom. The first-order valence-electron chi connectivity index (χ1n) is 8.63. The van der Waals surface area contributed by atoms with Gasteiger partial charge in [0.15, 0.2) is 0 Å². The van der Waals surface area contributed by atoms with Crippen molar-refractivity contribution in [2.45, 2.75) is 64.3 Å². The fraction of sp³-hybridized carbons (Fsp3) is 1.00. The maximum absolute atomic E-state index is 12.3. The highest BCUT2D eigenvalue weighted by molar-refractivity contribution is 8.00. The highest BCUT2D eigenvalue weighted by Gasteiger charge is 2.32. The summed E-state index contributed by atoms with van der Waals surface area (Å²) in [6.45, 7) is 9.90. The largest absolute Gasteiger partial charge is 0.310 e. The topological polar surface area (TPSA) is 49.4 Å². The second-order valence-electron chi connectivity index (χ2n) is 7.56. The van der Waals surface area contributed by atoms with Crippen molar-refractivity contribution in [2.75, 3.05) is 24.6 Å². The van der Waals surface area contributed by atoms with Crippen molar-refractivity contribution < 1.29 is 8.42 Å². The van der Waals surface area contributed by atoms with E-state index in [9.17, 15) is 8.42 Å². The van der Waals surface area contributed by atoms with Crippen LogP contribution in [0.2, 0.25) is 0 Å². The maximum Gasteiger partial charge on any atom is 0.214 e. The zero-order valence-electron chi connectivity index (χ0n) is 14.4. The molecule has 0 aromatic carbocycles. The lowest BCUT2D eigenvalue weighted by Crippen LogP contribution is -2.48. The lowest BCUT2D eigenvalue weighted by Gasteiger charge is -2.33. The van der Waals surface area contributed by atoms with Gasteiger partial charge in [-0.25, -0.2) is 12.7 Å². The van der Waals surface area contributed by atoms with Gasteiger partial charge in [-0.3, -0.25) is 0 Å². The molecule has 0 unspecified atom stereocenters. The molecule has 0 saturated carbocycles. The molecule has 1 N–H and O–H groups in total. The van der Waals surface area contributed by atoms with Crippen LogP contribution in [0.15, 0.2) is 0 Å². The van der Waals surface area contributed by atoms with Crippen LogP contribution in [0, 0.1) is 11.8 Å². The van der Waals surface area contributed by atoms with E-state index in [0.717, 1.165) is 24.0 Å². The van der Waals surface area contributed by atoms with Crippen LogP contribution < -0.4 is 5.32 Å². The molecular formula is C16H32N2O2S2. The quantitative estimate of drug-likeness (QED) is 0.801. The van der Waals surface area contributed by atoms with E-state index in [4.69, 9.17) is 0 Å². The number of hydrogen-bond donors (Lipinski definition) is 1. The Morgan fingerprint density at radius 1 is 1.14 bits per heavy atom. The molecule has 0 amide bonds. The van der Waals surface area contributed by atoms with Crippen LogP contribution in [0.5, 0.6) is 0 Å². The third-order valence-corrected chi connectivity index (χ3v) is 8.63. The van der Waals surface area contributed by atoms with E-state index < -0.39 is 10.0 Å². The summed E-state index contributed by atoms with van der Waals surface area (Å²) in [4.78, 5) is 0. The summed E-state index contributed by atoms with van der Waals surface area (Å²) in [6.07, 6.45) is 3.16. The van der Waals surface area contributed by atoms with Crippen molar-refractivity contribution >= 4 is 21.8 Å². The fourth-order valence-electron chi connectivity index (χ4n) is 3.40. The van der Waals surface area contributed by atoms with Crippen molar-refractivity contribution in [3.63, 3.8) is 0 Å². The van der Waals surface area contributed by atoms with E-state index >= 15 is 0 Å². The predicted octanol–water partition coefficient (Wildman–Crippen LogP) is 2.56. The van der Waals surface area contributed by atoms with E-state index in [1.54, 1.807) is 4.31 Å². The van der Waals surface area contributed by atoms with Gasteiger partial charge in [-0.15, -0.1) is 0 Å². The average molecular weight is 349 g/mol. The molecule has 0 aromatic rings. The van der Waals surface area contributed by atoms with Gasteiger partial charge in [0.05, 0.1) is 5.75 Å². The highest BCUT2D eigenvalue weighted by atomic mass is 32.2. The van der Waals surface area contributed by atoms with E-state index in [0.29, 0.717) is 25.2 Å². The van der Waals surface area contributed by atoms with Gasteiger partial charge in [-0.1, -0.05) is 27.7 Å². The number of sulfonamides is 1. The molecule has 0 spiro atoms. The smallest absolute Gasteiger partial charge is 0.214 e.